The zero-order valence-corrected chi connectivity index (χ0v) is 14.8. The monoisotopic (exact) mass is 285 g/mol. The largest absolute Gasteiger partial charge is 0.377 e. The third-order valence-corrected chi connectivity index (χ3v) is 4.56. The van der Waals surface area contributed by atoms with E-state index in [-0.39, 0.29) is 5.60 Å². The molecule has 1 N–H and O–H groups in total. The zero-order chi connectivity index (χ0) is 15.3. The third-order valence-electron chi connectivity index (χ3n) is 4.56. The average Bonchev–Trinajstić information content (AvgIpc) is 2.44. The molecule has 0 aliphatic carbocycles. The predicted octanol–water partition coefficient (Wildman–Crippen LogP) is 5.31. The molecule has 0 bridgehead atoms. The van der Waals surface area contributed by atoms with Crippen LogP contribution in [-0.2, 0) is 4.74 Å². The van der Waals surface area contributed by atoms with Crippen molar-refractivity contribution in [3.05, 3.63) is 0 Å². The van der Waals surface area contributed by atoms with Gasteiger partial charge in [-0.25, -0.2) is 0 Å². The molecule has 2 nitrogen and oxygen atoms in total. The molecule has 0 aromatic rings. The highest BCUT2D eigenvalue weighted by Gasteiger charge is 2.27. The first-order valence-corrected chi connectivity index (χ1v) is 8.81. The summed E-state index contributed by atoms with van der Waals surface area (Å²) >= 11 is 0. The molecule has 122 valence electrons. The first-order valence-electron chi connectivity index (χ1n) is 8.81. The Balaban J connectivity index is 3.43. The summed E-state index contributed by atoms with van der Waals surface area (Å²) in [6, 6.07) is 0.460. The van der Waals surface area contributed by atoms with Gasteiger partial charge < -0.3 is 10.1 Å². The summed E-state index contributed by atoms with van der Waals surface area (Å²) in [5, 5.41) is 3.40. The van der Waals surface area contributed by atoms with Crippen molar-refractivity contribution in [1.82, 2.24) is 5.32 Å². The normalized spacial score (nSPS) is 13.7. The Bertz CT molecular complexity index is 204. The fraction of sp³-hybridized carbons (Fsp3) is 1.00. The van der Waals surface area contributed by atoms with E-state index in [2.05, 4.69) is 26.1 Å². The van der Waals surface area contributed by atoms with Gasteiger partial charge in [0.15, 0.2) is 0 Å². The summed E-state index contributed by atoms with van der Waals surface area (Å²) in [5.74, 6) is 0. The van der Waals surface area contributed by atoms with Crippen molar-refractivity contribution < 1.29 is 4.74 Å². The number of hydrogen-bond donors (Lipinski definition) is 1. The molecule has 0 rings (SSSR count). The predicted molar refractivity (Wildman–Crippen MR) is 90.4 cm³/mol. The SMILES string of the molecule is CCCCCCCCCCCCC(NC)C(C)(C)OC. The van der Waals surface area contributed by atoms with Crippen LogP contribution < -0.4 is 5.32 Å². The quantitative estimate of drug-likeness (QED) is 0.437. The number of likely N-dealkylation sites (N-methyl/N-ethyl adjacent to an activating group) is 1. The number of methoxy groups -OCH3 is 1. The van der Waals surface area contributed by atoms with Crippen LogP contribution in [0.2, 0.25) is 0 Å². The fourth-order valence-electron chi connectivity index (χ4n) is 2.82. The van der Waals surface area contributed by atoms with Gasteiger partial charge in [-0.1, -0.05) is 71.1 Å². The highest BCUT2D eigenvalue weighted by atomic mass is 16.5. The van der Waals surface area contributed by atoms with Crippen LogP contribution in [0.3, 0.4) is 0 Å². The van der Waals surface area contributed by atoms with Crippen LogP contribution in [0.1, 0.15) is 91.4 Å². The summed E-state index contributed by atoms with van der Waals surface area (Å²) in [6.45, 7) is 6.62. The van der Waals surface area contributed by atoms with E-state index in [1.54, 1.807) is 0 Å². The number of rotatable bonds is 14. The first-order chi connectivity index (χ1) is 9.58. The van der Waals surface area contributed by atoms with Gasteiger partial charge in [-0.2, -0.15) is 0 Å². The van der Waals surface area contributed by atoms with E-state index in [0.717, 1.165) is 0 Å². The second-order valence-electron chi connectivity index (χ2n) is 6.62. The maximum atomic E-state index is 5.57. The molecule has 0 amide bonds. The topological polar surface area (TPSA) is 21.3 Å². The highest BCUT2D eigenvalue weighted by Crippen LogP contribution is 2.19. The lowest BCUT2D eigenvalue weighted by Gasteiger charge is -2.33. The lowest BCUT2D eigenvalue weighted by Crippen LogP contribution is -2.46. The Morgan fingerprint density at radius 3 is 1.70 bits per heavy atom. The summed E-state index contributed by atoms with van der Waals surface area (Å²) in [6.07, 6.45) is 15.2. The number of nitrogens with one attached hydrogen (secondary N) is 1. The maximum absolute atomic E-state index is 5.57. The maximum Gasteiger partial charge on any atom is 0.0774 e. The molecule has 2 heteroatoms. The molecule has 20 heavy (non-hydrogen) atoms. The van der Waals surface area contributed by atoms with Crippen molar-refractivity contribution in [3.63, 3.8) is 0 Å². The van der Waals surface area contributed by atoms with Crippen LogP contribution in [0.4, 0.5) is 0 Å². The van der Waals surface area contributed by atoms with Gasteiger partial charge in [-0.3, -0.25) is 0 Å². The van der Waals surface area contributed by atoms with Crippen molar-refractivity contribution in [2.75, 3.05) is 14.2 Å². The molecule has 0 fully saturated rings. The molecule has 0 saturated carbocycles. The van der Waals surface area contributed by atoms with Gasteiger partial charge >= 0.3 is 0 Å². The lowest BCUT2D eigenvalue weighted by molar-refractivity contribution is -0.0110. The lowest BCUT2D eigenvalue weighted by atomic mass is 9.93. The van der Waals surface area contributed by atoms with Crippen LogP contribution in [-0.4, -0.2) is 25.8 Å². The minimum Gasteiger partial charge on any atom is -0.377 e. The van der Waals surface area contributed by atoms with Crippen molar-refractivity contribution >= 4 is 0 Å². The van der Waals surface area contributed by atoms with Crippen LogP contribution >= 0.6 is 0 Å². The molecule has 0 saturated heterocycles. The number of unbranched alkanes of at least 4 members (excludes halogenated alkanes) is 9. The molecule has 1 unspecified atom stereocenters. The van der Waals surface area contributed by atoms with Crippen molar-refractivity contribution in [1.29, 1.82) is 0 Å². The smallest absolute Gasteiger partial charge is 0.0774 e. The molecule has 0 aliphatic heterocycles. The molecule has 0 radical (unpaired) electrons. The van der Waals surface area contributed by atoms with E-state index in [9.17, 15) is 0 Å². The molecule has 0 heterocycles. The molecule has 0 aromatic heterocycles. The Morgan fingerprint density at radius 2 is 1.30 bits per heavy atom. The standard InChI is InChI=1S/C18H39NO/c1-6-7-8-9-10-11-12-13-14-15-16-17(19-4)18(2,3)20-5/h17,19H,6-16H2,1-5H3. The van der Waals surface area contributed by atoms with E-state index in [1.807, 2.05) is 14.2 Å². The number of hydrogen-bond acceptors (Lipinski definition) is 2. The van der Waals surface area contributed by atoms with Crippen LogP contribution in [0.15, 0.2) is 0 Å². The molecular weight excluding hydrogens is 246 g/mol. The van der Waals surface area contributed by atoms with E-state index in [1.165, 1.54) is 70.6 Å². The summed E-state index contributed by atoms with van der Waals surface area (Å²) in [5.41, 5.74) is -0.0615. The Labute approximate surface area is 128 Å². The van der Waals surface area contributed by atoms with Crippen molar-refractivity contribution in [3.8, 4) is 0 Å². The van der Waals surface area contributed by atoms with Gasteiger partial charge in [0.05, 0.1) is 5.60 Å². The van der Waals surface area contributed by atoms with Gasteiger partial charge in [-0.15, -0.1) is 0 Å². The fourth-order valence-corrected chi connectivity index (χ4v) is 2.82. The summed E-state index contributed by atoms with van der Waals surface area (Å²) in [4.78, 5) is 0. The molecule has 0 spiro atoms. The molecular formula is C18H39NO. The summed E-state index contributed by atoms with van der Waals surface area (Å²) in [7, 11) is 3.85. The average molecular weight is 286 g/mol. The Hall–Kier alpha value is -0.0800. The van der Waals surface area contributed by atoms with Gasteiger partial charge in [0.2, 0.25) is 0 Å². The van der Waals surface area contributed by atoms with Gasteiger partial charge in [0, 0.05) is 13.2 Å². The van der Waals surface area contributed by atoms with Gasteiger partial charge in [0.25, 0.3) is 0 Å². The second kappa shape index (κ2) is 12.6. The zero-order valence-electron chi connectivity index (χ0n) is 14.8. The highest BCUT2D eigenvalue weighted by molar-refractivity contribution is 4.84. The first kappa shape index (κ1) is 19.9. The number of ether oxygens (including phenoxy) is 1. The van der Waals surface area contributed by atoms with Crippen molar-refractivity contribution in [2.24, 2.45) is 0 Å². The van der Waals surface area contributed by atoms with Crippen LogP contribution in [0.25, 0.3) is 0 Å². The second-order valence-corrected chi connectivity index (χ2v) is 6.62. The Kier molecular flexibility index (Phi) is 12.6. The minimum absolute atomic E-state index is 0.0615. The van der Waals surface area contributed by atoms with Crippen LogP contribution in [0.5, 0.6) is 0 Å². The van der Waals surface area contributed by atoms with Gasteiger partial charge in [-0.05, 0) is 27.3 Å². The van der Waals surface area contributed by atoms with E-state index >= 15 is 0 Å². The summed E-state index contributed by atoms with van der Waals surface area (Å²) < 4.78 is 5.57. The van der Waals surface area contributed by atoms with Crippen molar-refractivity contribution in [2.45, 2.75) is 103 Å². The molecule has 0 aliphatic rings. The third kappa shape index (κ3) is 9.77. The van der Waals surface area contributed by atoms with E-state index in [4.69, 9.17) is 4.74 Å². The Morgan fingerprint density at radius 1 is 0.850 bits per heavy atom. The minimum atomic E-state index is -0.0615. The molecule has 0 aromatic carbocycles. The van der Waals surface area contributed by atoms with E-state index < -0.39 is 0 Å². The van der Waals surface area contributed by atoms with E-state index in [0.29, 0.717) is 6.04 Å². The van der Waals surface area contributed by atoms with Crippen LogP contribution in [0, 0.1) is 0 Å². The van der Waals surface area contributed by atoms with Gasteiger partial charge in [0.1, 0.15) is 0 Å². The molecule has 1 atom stereocenters.